The number of thioether (sulfide) groups is 1. The van der Waals surface area contributed by atoms with Crippen molar-refractivity contribution < 1.29 is 9.72 Å². The van der Waals surface area contributed by atoms with Crippen molar-refractivity contribution in [1.82, 2.24) is 4.90 Å². The summed E-state index contributed by atoms with van der Waals surface area (Å²) in [5.41, 5.74) is 1.39. The van der Waals surface area contributed by atoms with Gasteiger partial charge in [0.25, 0.3) is 5.69 Å². The first-order valence-corrected chi connectivity index (χ1v) is 10.5. The van der Waals surface area contributed by atoms with Crippen molar-refractivity contribution >= 4 is 34.1 Å². The Morgan fingerprint density at radius 2 is 1.76 bits per heavy atom. The molecule has 1 fully saturated rings. The standard InChI is InChI=1S/C21H22N4O3S/c1-15-14-22-21(29-15)24-11-9-23(10-12-24)18-8-7-17(13-19(18)25(27)28)20(26)16-5-3-2-4-6-16/h2-8,13,15H,9-12,14H2,1H3. The highest BCUT2D eigenvalue weighted by Gasteiger charge is 2.28. The molecule has 2 aromatic rings. The lowest BCUT2D eigenvalue weighted by Gasteiger charge is -2.36. The van der Waals surface area contributed by atoms with Gasteiger partial charge in [-0.25, -0.2) is 0 Å². The normalized spacial score (nSPS) is 19.2. The van der Waals surface area contributed by atoms with E-state index < -0.39 is 4.92 Å². The molecule has 150 valence electrons. The van der Waals surface area contributed by atoms with Gasteiger partial charge in [-0.1, -0.05) is 49.0 Å². The molecule has 8 heteroatoms. The quantitative estimate of drug-likeness (QED) is 0.436. The van der Waals surface area contributed by atoms with Gasteiger partial charge in [-0.15, -0.1) is 0 Å². The lowest BCUT2D eigenvalue weighted by molar-refractivity contribution is -0.384. The van der Waals surface area contributed by atoms with Crippen molar-refractivity contribution in [3.05, 3.63) is 69.8 Å². The minimum atomic E-state index is -0.401. The summed E-state index contributed by atoms with van der Waals surface area (Å²) in [7, 11) is 0. The number of ketones is 1. The maximum Gasteiger partial charge on any atom is 0.293 e. The van der Waals surface area contributed by atoms with Gasteiger partial charge < -0.3 is 9.80 Å². The van der Waals surface area contributed by atoms with Crippen LogP contribution >= 0.6 is 11.8 Å². The molecule has 0 spiro atoms. The molecule has 4 rings (SSSR count). The molecule has 0 aromatic heterocycles. The zero-order valence-electron chi connectivity index (χ0n) is 16.2. The molecule has 0 saturated carbocycles. The van der Waals surface area contributed by atoms with Gasteiger partial charge in [0.2, 0.25) is 0 Å². The highest BCUT2D eigenvalue weighted by Crippen LogP contribution is 2.32. The third kappa shape index (κ3) is 4.12. The molecule has 29 heavy (non-hydrogen) atoms. The molecule has 2 aliphatic rings. The third-order valence-corrected chi connectivity index (χ3v) is 6.30. The van der Waals surface area contributed by atoms with E-state index in [0.717, 1.165) is 24.8 Å². The molecule has 0 bridgehead atoms. The fourth-order valence-corrected chi connectivity index (χ4v) is 4.60. The lowest BCUT2D eigenvalue weighted by atomic mass is 10.0. The van der Waals surface area contributed by atoms with Crippen LogP contribution < -0.4 is 4.90 Å². The van der Waals surface area contributed by atoms with Crippen molar-refractivity contribution in [2.24, 2.45) is 4.99 Å². The van der Waals surface area contributed by atoms with Crippen LogP contribution in [0.5, 0.6) is 0 Å². The summed E-state index contributed by atoms with van der Waals surface area (Å²) in [6.07, 6.45) is 0. The molecule has 0 aliphatic carbocycles. The predicted octanol–water partition coefficient (Wildman–Crippen LogP) is 3.44. The monoisotopic (exact) mass is 410 g/mol. The number of carbonyl (C=O) groups excluding carboxylic acids is 1. The molecule has 0 radical (unpaired) electrons. The van der Waals surface area contributed by atoms with Crippen molar-refractivity contribution in [1.29, 1.82) is 0 Å². The van der Waals surface area contributed by atoms with Gasteiger partial charge in [0.15, 0.2) is 11.0 Å². The molecule has 1 atom stereocenters. The van der Waals surface area contributed by atoms with Gasteiger partial charge in [-0.05, 0) is 12.1 Å². The van der Waals surface area contributed by atoms with Gasteiger partial charge in [0.1, 0.15) is 5.69 Å². The molecule has 2 aromatic carbocycles. The van der Waals surface area contributed by atoms with Crippen LogP contribution in [0.3, 0.4) is 0 Å². The molecule has 7 nitrogen and oxygen atoms in total. The zero-order chi connectivity index (χ0) is 20.4. The molecule has 0 N–H and O–H groups in total. The molecule has 0 amide bonds. The maximum atomic E-state index is 12.7. The lowest BCUT2D eigenvalue weighted by Crippen LogP contribution is -2.48. The third-order valence-electron chi connectivity index (χ3n) is 5.15. The van der Waals surface area contributed by atoms with E-state index in [4.69, 9.17) is 0 Å². The first kappa shape index (κ1) is 19.4. The van der Waals surface area contributed by atoms with Crippen LogP contribution in [0.1, 0.15) is 22.8 Å². The summed E-state index contributed by atoms with van der Waals surface area (Å²) in [4.78, 5) is 32.8. The van der Waals surface area contributed by atoms with Gasteiger partial charge in [0.05, 0.1) is 11.5 Å². The predicted molar refractivity (Wildman–Crippen MR) is 116 cm³/mol. The van der Waals surface area contributed by atoms with E-state index in [1.807, 2.05) is 11.0 Å². The highest BCUT2D eigenvalue weighted by atomic mass is 32.2. The van der Waals surface area contributed by atoms with Gasteiger partial charge >= 0.3 is 0 Å². The smallest absolute Gasteiger partial charge is 0.293 e. The Labute approximate surface area is 173 Å². The van der Waals surface area contributed by atoms with Crippen LogP contribution in [0.25, 0.3) is 0 Å². The van der Waals surface area contributed by atoms with E-state index in [0.29, 0.717) is 35.2 Å². The van der Waals surface area contributed by atoms with Crippen molar-refractivity contribution in [2.75, 3.05) is 37.6 Å². The maximum absolute atomic E-state index is 12.7. The average Bonchev–Trinajstić information content (AvgIpc) is 3.20. The van der Waals surface area contributed by atoms with Crippen LogP contribution in [-0.4, -0.2) is 58.7 Å². The summed E-state index contributed by atoms with van der Waals surface area (Å²) in [6.45, 7) is 5.93. The summed E-state index contributed by atoms with van der Waals surface area (Å²) in [5, 5.41) is 13.3. The Hall–Kier alpha value is -2.87. The molecular formula is C21H22N4O3S. The van der Waals surface area contributed by atoms with E-state index in [1.54, 1.807) is 48.2 Å². The number of rotatable bonds is 4. The van der Waals surface area contributed by atoms with Crippen LogP contribution in [0.2, 0.25) is 0 Å². The topological polar surface area (TPSA) is 79.0 Å². The number of hydrogen-bond donors (Lipinski definition) is 0. The minimum Gasteiger partial charge on any atom is -0.362 e. The Bertz CT molecular complexity index is 956. The molecule has 1 saturated heterocycles. The summed E-state index contributed by atoms with van der Waals surface area (Å²) in [5.74, 6) is -0.213. The number of piperazine rings is 1. The number of anilines is 1. The van der Waals surface area contributed by atoms with Crippen LogP contribution in [0.4, 0.5) is 11.4 Å². The Morgan fingerprint density at radius 3 is 2.38 bits per heavy atom. The van der Waals surface area contributed by atoms with Gasteiger partial charge in [0, 0.05) is 48.6 Å². The summed E-state index contributed by atoms with van der Waals surface area (Å²) < 4.78 is 0. The van der Waals surface area contributed by atoms with Crippen LogP contribution in [0.15, 0.2) is 53.5 Å². The molecule has 1 unspecified atom stereocenters. The number of nitro groups is 1. The largest absolute Gasteiger partial charge is 0.362 e. The fraction of sp³-hybridized carbons (Fsp3) is 0.333. The Morgan fingerprint density at radius 1 is 1.07 bits per heavy atom. The van der Waals surface area contributed by atoms with Crippen molar-refractivity contribution in [3.63, 3.8) is 0 Å². The number of carbonyl (C=O) groups is 1. The minimum absolute atomic E-state index is 0.0264. The van der Waals surface area contributed by atoms with E-state index >= 15 is 0 Å². The second-order valence-corrected chi connectivity index (χ2v) is 8.59. The van der Waals surface area contributed by atoms with Crippen molar-refractivity contribution in [2.45, 2.75) is 12.2 Å². The highest BCUT2D eigenvalue weighted by molar-refractivity contribution is 8.14. The van der Waals surface area contributed by atoms with E-state index in [9.17, 15) is 14.9 Å². The fourth-order valence-electron chi connectivity index (χ4n) is 3.61. The number of aliphatic imine (C=N–C) groups is 1. The summed E-state index contributed by atoms with van der Waals surface area (Å²) in [6, 6.07) is 13.6. The Balaban J connectivity index is 1.52. The number of nitrogens with zero attached hydrogens (tertiary/aromatic N) is 4. The first-order valence-electron chi connectivity index (χ1n) is 9.62. The van der Waals surface area contributed by atoms with Gasteiger partial charge in [-0.3, -0.25) is 19.9 Å². The summed E-state index contributed by atoms with van der Waals surface area (Å²) >= 11 is 1.79. The molecule has 2 aliphatic heterocycles. The second-order valence-electron chi connectivity index (χ2n) is 7.18. The van der Waals surface area contributed by atoms with Gasteiger partial charge in [-0.2, -0.15) is 0 Å². The van der Waals surface area contributed by atoms with Crippen molar-refractivity contribution in [3.8, 4) is 0 Å². The first-order chi connectivity index (χ1) is 14.0. The zero-order valence-corrected chi connectivity index (χ0v) is 17.0. The number of nitro benzene ring substituents is 1. The number of benzene rings is 2. The number of hydrogen-bond acceptors (Lipinski definition) is 7. The molecule has 2 heterocycles. The van der Waals surface area contributed by atoms with E-state index in [1.165, 1.54) is 6.07 Å². The van der Waals surface area contributed by atoms with E-state index in [2.05, 4.69) is 16.8 Å². The Kier molecular flexibility index (Phi) is 5.53. The molecular weight excluding hydrogens is 388 g/mol. The van der Waals surface area contributed by atoms with Crippen LogP contribution in [0, 0.1) is 10.1 Å². The van der Waals surface area contributed by atoms with E-state index in [-0.39, 0.29) is 11.5 Å². The average molecular weight is 410 g/mol. The second kappa shape index (κ2) is 8.24. The SMILES string of the molecule is CC1CN=C(N2CCN(c3ccc(C(=O)c4ccccc4)cc3[N+](=O)[O-])CC2)S1. The number of amidine groups is 1. The van der Waals surface area contributed by atoms with Crippen LogP contribution in [-0.2, 0) is 0 Å².